The van der Waals surface area contributed by atoms with Crippen LogP contribution in [-0.4, -0.2) is 54.1 Å². The highest BCUT2D eigenvalue weighted by molar-refractivity contribution is 9.10. The summed E-state index contributed by atoms with van der Waals surface area (Å²) in [6.45, 7) is 9.69. The average molecular weight is 331 g/mol. The first-order valence-electron chi connectivity index (χ1n) is 6.86. The molecule has 2 rings (SSSR count). The number of nitrogens with zero attached hydrogens (tertiary/aromatic N) is 3. The van der Waals surface area contributed by atoms with E-state index in [9.17, 15) is 0 Å². The van der Waals surface area contributed by atoms with E-state index in [1.54, 1.807) is 0 Å². The molecule has 0 aliphatic carbocycles. The Morgan fingerprint density at radius 3 is 3.00 bits per heavy atom. The number of ether oxygens (including phenoxy) is 1. The van der Waals surface area contributed by atoms with Gasteiger partial charge in [0.15, 0.2) is 0 Å². The van der Waals surface area contributed by atoms with Crippen LogP contribution in [0.1, 0.15) is 18.3 Å². The molecule has 1 aromatic heterocycles. The van der Waals surface area contributed by atoms with E-state index in [4.69, 9.17) is 4.74 Å². The molecule has 19 heavy (non-hydrogen) atoms. The van der Waals surface area contributed by atoms with Crippen molar-refractivity contribution in [1.29, 1.82) is 0 Å². The second kappa shape index (κ2) is 6.83. The molecule has 0 aromatic carbocycles. The molecule has 1 saturated heterocycles. The monoisotopic (exact) mass is 330 g/mol. The van der Waals surface area contributed by atoms with E-state index in [-0.39, 0.29) is 6.10 Å². The predicted octanol–water partition coefficient (Wildman–Crippen LogP) is 1.39. The molecule has 0 radical (unpaired) electrons. The Morgan fingerprint density at radius 1 is 1.53 bits per heavy atom. The second-order valence-corrected chi connectivity index (χ2v) is 5.74. The van der Waals surface area contributed by atoms with Crippen LogP contribution in [0.25, 0.3) is 0 Å². The number of nitrogens with one attached hydrogen (secondary N) is 1. The van der Waals surface area contributed by atoms with E-state index in [0.717, 1.165) is 49.5 Å². The quantitative estimate of drug-likeness (QED) is 0.886. The van der Waals surface area contributed by atoms with E-state index in [1.807, 2.05) is 14.0 Å². The van der Waals surface area contributed by atoms with Gasteiger partial charge in [0.05, 0.1) is 28.6 Å². The Hall–Kier alpha value is -0.430. The molecule has 1 aliphatic heterocycles. The minimum Gasteiger partial charge on any atom is -0.374 e. The third-order valence-corrected chi connectivity index (χ3v) is 4.51. The molecule has 1 fully saturated rings. The molecular weight excluding hydrogens is 308 g/mol. The molecule has 6 heteroatoms. The van der Waals surface area contributed by atoms with Gasteiger partial charge >= 0.3 is 0 Å². The van der Waals surface area contributed by atoms with Crippen LogP contribution in [0.4, 0.5) is 0 Å². The van der Waals surface area contributed by atoms with Crippen LogP contribution in [-0.2, 0) is 17.8 Å². The number of hydrogen-bond acceptors (Lipinski definition) is 4. The highest BCUT2D eigenvalue weighted by atomic mass is 79.9. The zero-order chi connectivity index (χ0) is 13.8. The van der Waals surface area contributed by atoms with Crippen LogP contribution in [0.5, 0.6) is 0 Å². The van der Waals surface area contributed by atoms with Gasteiger partial charge in [0.1, 0.15) is 0 Å². The first-order valence-corrected chi connectivity index (χ1v) is 7.65. The fourth-order valence-electron chi connectivity index (χ4n) is 2.51. The Labute approximate surface area is 123 Å². The van der Waals surface area contributed by atoms with Gasteiger partial charge in [-0.3, -0.25) is 9.58 Å². The van der Waals surface area contributed by atoms with Gasteiger partial charge in [-0.2, -0.15) is 5.10 Å². The van der Waals surface area contributed by atoms with E-state index in [2.05, 4.69) is 42.9 Å². The van der Waals surface area contributed by atoms with Gasteiger partial charge in [-0.25, -0.2) is 0 Å². The maximum atomic E-state index is 5.74. The highest BCUT2D eigenvalue weighted by Crippen LogP contribution is 2.23. The predicted molar refractivity (Wildman–Crippen MR) is 79.3 cm³/mol. The van der Waals surface area contributed by atoms with Crippen LogP contribution >= 0.6 is 15.9 Å². The number of aryl methyl sites for hydroxylation is 2. The number of hydrogen-bond donors (Lipinski definition) is 1. The minimum absolute atomic E-state index is 0.289. The Kier molecular flexibility index (Phi) is 5.38. The minimum atomic E-state index is 0.289. The number of rotatable bonds is 5. The zero-order valence-electron chi connectivity index (χ0n) is 11.9. The molecule has 0 bridgehead atoms. The van der Waals surface area contributed by atoms with Crippen molar-refractivity contribution < 1.29 is 4.74 Å². The fraction of sp³-hybridized carbons (Fsp3) is 0.769. The van der Waals surface area contributed by atoms with Crippen molar-refractivity contribution >= 4 is 15.9 Å². The molecule has 1 aliphatic rings. The molecular formula is C13H23BrN4O. The first kappa shape index (κ1) is 15.0. The van der Waals surface area contributed by atoms with E-state index in [0.29, 0.717) is 0 Å². The second-order valence-electron chi connectivity index (χ2n) is 4.95. The summed E-state index contributed by atoms with van der Waals surface area (Å²) in [4.78, 5) is 2.44. The van der Waals surface area contributed by atoms with Gasteiger partial charge < -0.3 is 10.1 Å². The standard InChI is InChI=1S/C13H23BrN4O/c1-4-18-12(13(14)10(2)16-18)9-17-5-6-19-11(8-17)7-15-3/h11,15H,4-9H2,1-3H3. The van der Waals surface area contributed by atoms with Crippen LogP contribution in [0.15, 0.2) is 4.47 Å². The van der Waals surface area contributed by atoms with Crippen molar-refractivity contribution in [3.8, 4) is 0 Å². The van der Waals surface area contributed by atoms with Crippen molar-refractivity contribution in [3.05, 3.63) is 15.9 Å². The lowest BCUT2D eigenvalue weighted by Crippen LogP contribution is -2.45. The topological polar surface area (TPSA) is 42.3 Å². The number of halogens is 1. The summed E-state index contributed by atoms with van der Waals surface area (Å²) in [5.74, 6) is 0. The van der Waals surface area contributed by atoms with Crippen molar-refractivity contribution in [3.63, 3.8) is 0 Å². The molecule has 1 N–H and O–H groups in total. The molecule has 0 amide bonds. The summed E-state index contributed by atoms with van der Waals surface area (Å²) in [5, 5.41) is 7.73. The van der Waals surface area contributed by atoms with E-state index in [1.165, 1.54) is 5.69 Å². The van der Waals surface area contributed by atoms with Gasteiger partial charge in [0, 0.05) is 32.7 Å². The summed E-state index contributed by atoms with van der Waals surface area (Å²) in [5.41, 5.74) is 2.34. The molecule has 1 atom stereocenters. The van der Waals surface area contributed by atoms with E-state index < -0.39 is 0 Å². The first-order chi connectivity index (χ1) is 9.15. The van der Waals surface area contributed by atoms with E-state index >= 15 is 0 Å². The van der Waals surface area contributed by atoms with Crippen molar-refractivity contribution in [2.24, 2.45) is 0 Å². The molecule has 0 saturated carbocycles. The molecule has 108 valence electrons. The summed E-state index contributed by atoms with van der Waals surface area (Å²) < 4.78 is 8.97. The van der Waals surface area contributed by atoms with Crippen LogP contribution < -0.4 is 5.32 Å². The van der Waals surface area contributed by atoms with Crippen molar-refractivity contribution in [1.82, 2.24) is 20.0 Å². The average Bonchev–Trinajstić information content (AvgIpc) is 2.67. The molecule has 2 heterocycles. The fourth-order valence-corrected chi connectivity index (χ4v) is 2.92. The molecule has 5 nitrogen and oxygen atoms in total. The lowest BCUT2D eigenvalue weighted by Gasteiger charge is -2.32. The lowest BCUT2D eigenvalue weighted by molar-refractivity contribution is -0.0299. The largest absolute Gasteiger partial charge is 0.374 e. The van der Waals surface area contributed by atoms with Gasteiger partial charge in [-0.1, -0.05) is 0 Å². The third kappa shape index (κ3) is 3.56. The number of aromatic nitrogens is 2. The molecule has 0 spiro atoms. The normalized spacial score (nSPS) is 20.9. The maximum Gasteiger partial charge on any atom is 0.0826 e. The highest BCUT2D eigenvalue weighted by Gasteiger charge is 2.22. The van der Waals surface area contributed by atoms with Gasteiger partial charge in [0.2, 0.25) is 0 Å². The Morgan fingerprint density at radius 2 is 2.32 bits per heavy atom. The van der Waals surface area contributed by atoms with Crippen LogP contribution in [0, 0.1) is 6.92 Å². The summed E-state index contributed by atoms with van der Waals surface area (Å²) >= 11 is 3.66. The van der Waals surface area contributed by atoms with Crippen LogP contribution in [0.2, 0.25) is 0 Å². The summed E-state index contributed by atoms with van der Waals surface area (Å²) in [6.07, 6.45) is 0.289. The number of morpholine rings is 1. The molecule has 1 unspecified atom stereocenters. The number of likely N-dealkylation sites (N-methyl/N-ethyl adjacent to an activating group) is 1. The SMILES string of the molecule is CCn1nc(C)c(Br)c1CN1CCOC(CNC)C1. The van der Waals surface area contributed by atoms with Crippen molar-refractivity contribution in [2.45, 2.75) is 33.0 Å². The van der Waals surface area contributed by atoms with Gasteiger partial charge in [-0.15, -0.1) is 0 Å². The van der Waals surface area contributed by atoms with Gasteiger partial charge in [-0.05, 0) is 36.8 Å². The maximum absolute atomic E-state index is 5.74. The lowest BCUT2D eigenvalue weighted by atomic mass is 10.2. The van der Waals surface area contributed by atoms with Gasteiger partial charge in [0.25, 0.3) is 0 Å². The van der Waals surface area contributed by atoms with Crippen molar-refractivity contribution in [2.75, 3.05) is 33.3 Å². The third-order valence-electron chi connectivity index (χ3n) is 3.48. The summed E-state index contributed by atoms with van der Waals surface area (Å²) in [6, 6.07) is 0. The molecule has 1 aromatic rings. The van der Waals surface area contributed by atoms with Crippen LogP contribution in [0.3, 0.4) is 0 Å². The Balaban J connectivity index is 2.04. The summed E-state index contributed by atoms with van der Waals surface area (Å²) in [7, 11) is 1.97. The smallest absolute Gasteiger partial charge is 0.0826 e. The zero-order valence-corrected chi connectivity index (χ0v) is 13.5. The Bertz CT molecular complexity index is 419.